The molecule has 0 aliphatic rings. The number of hydrogen-bond donors (Lipinski definition) is 2. The highest BCUT2D eigenvalue weighted by Crippen LogP contribution is 2.17. The van der Waals surface area contributed by atoms with Crippen molar-refractivity contribution in [3.63, 3.8) is 0 Å². The van der Waals surface area contributed by atoms with Crippen LogP contribution in [0.25, 0.3) is 0 Å². The van der Waals surface area contributed by atoms with Gasteiger partial charge in [0.2, 0.25) is 5.91 Å². The summed E-state index contributed by atoms with van der Waals surface area (Å²) in [7, 11) is 0. The van der Waals surface area contributed by atoms with Crippen LogP contribution in [0.4, 0.5) is 0 Å². The molecule has 0 saturated carbocycles. The Bertz CT molecular complexity index is 490. The molecule has 0 radical (unpaired) electrons. The van der Waals surface area contributed by atoms with Crippen LogP contribution in [0.5, 0.6) is 5.75 Å². The first kappa shape index (κ1) is 18.0. The van der Waals surface area contributed by atoms with Crippen molar-refractivity contribution < 1.29 is 14.3 Å². The third kappa shape index (κ3) is 8.29. The van der Waals surface area contributed by atoms with E-state index >= 15 is 0 Å². The largest absolute Gasteiger partial charge is 0.484 e. The summed E-state index contributed by atoms with van der Waals surface area (Å²) >= 11 is 0. The van der Waals surface area contributed by atoms with E-state index in [1.807, 2.05) is 52.0 Å². The zero-order valence-electron chi connectivity index (χ0n) is 13.9. The maximum atomic E-state index is 11.6. The number of carbonyl (C=O) groups excluding carboxylic acids is 2. The van der Waals surface area contributed by atoms with E-state index in [9.17, 15) is 9.59 Å². The summed E-state index contributed by atoms with van der Waals surface area (Å²) < 4.78 is 5.37. The fourth-order valence-corrected chi connectivity index (χ4v) is 1.78. The Morgan fingerprint density at radius 1 is 1.00 bits per heavy atom. The highest BCUT2D eigenvalue weighted by Gasteiger charge is 2.15. The van der Waals surface area contributed by atoms with Gasteiger partial charge in [0, 0.05) is 19.5 Å². The molecule has 0 atom stereocenters. The van der Waals surface area contributed by atoms with Crippen molar-refractivity contribution in [2.24, 2.45) is 5.41 Å². The lowest BCUT2D eigenvalue weighted by molar-refractivity contribution is -0.124. The monoisotopic (exact) mass is 306 g/mol. The van der Waals surface area contributed by atoms with Gasteiger partial charge in [-0.1, -0.05) is 38.5 Å². The number of rotatable bonds is 7. The average Bonchev–Trinajstić information content (AvgIpc) is 2.41. The number of carbonyl (C=O) groups is 2. The summed E-state index contributed by atoms with van der Waals surface area (Å²) in [6.07, 6.45) is 0.470. The van der Waals surface area contributed by atoms with Gasteiger partial charge in [-0.25, -0.2) is 0 Å². The van der Waals surface area contributed by atoms with Crippen molar-refractivity contribution in [3.05, 3.63) is 29.8 Å². The van der Waals surface area contributed by atoms with Gasteiger partial charge in [0.15, 0.2) is 6.61 Å². The Morgan fingerprint density at radius 3 is 2.09 bits per heavy atom. The lowest BCUT2D eigenvalue weighted by atomic mass is 9.92. The third-order valence-electron chi connectivity index (χ3n) is 2.85. The molecule has 5 heteroatoms. The zero-order valence-corrected chi connectivity index (χ0v) is 13.9. The molecule has 122 valence electrons. The van der Waals surface area contributed by atoms with Crippen LogP contribution in [0, 0.1) is 12.3 Å². The molecule has 1 rings (SSSR count). The van der Waals surface area contributed by atoms with Crippen molar-refractivity contribution in [1.82, 2.24) is 10.6 Å². The van der Waals surface area contributed by atoms with Gasteiger partial charge in [-0.05, 0) is 24.5 Å². The van der Waals surface area contributed by atoms with Gasteiger partial charge in [-0.3, -0.25) is 9.59 Å². The zero-order chi connectivity index (χ0) is 16.6. The molecule has 1 aromatic rings. The standard InChI is InChI=1S/C17H26N2O3/c1-13-5-7-14(8-6-13)22-12-16(21)19-10-9-18-15(20)11-17(2,3)4/h5-8H,9-12H2,1-4H3,(H,18,20)(H,19,21). The molecule has 0 heterocycles. The highest BCUT2D eigenvalue weighted by molar-refractivity contribution is 5.78. The number of hydrogen-bond acceptors (Lipinski definition) is 3. The van der Waals surface area contributed by atoms with Crippen LogP contribution in [0.3, 0.4) is 0 Å². The second-order valence-corrected chi connectivity index (χ2v) is 6.54. The molecule has 0 unspecified atom stereocenters. The predicted octanol–water partition coefficient (Wildman–Crippen LogP) is 2.04. The number of nitrogens with one attached hydrogen (secondary N) is 2. The molecular weight excluding hydrogens is 280 g/mol. The van der Waals surface area contributed by atoms with Crippen LogP contribution in [0.15, 0.2) is 24.3 Å². The number of benzene rings is 1. The minimum atomic E-state index is -0.203. The molecule has 0 spiro atoms. The Morgan fingerprint density at radius 2 is 1.55 bits per heavy atom. The fourth-order valence-electron chi connectivity index (χ4n) is 1.78. The molecule has 2 amide bonds. The van der Waals surface area contributed by atoms with Gasteiger partial charge >= 0.3 is 0 Å². The van der Waals surface area contributed by atoms with Gasteiger partial charge < -0.3 is 15.4 Å². The Kier molecular flexibility index (Phi) is 6.89. The molecule has 2 N–H and O–H groups in total. The van der Waals surface area contributed by atoms with Crippen LogP contribution in [-0.2, 0) is 9.59 Å². The normalized spacial score (nSPS) is 10.9. The second kappa shape index (κ2) is 8.41. The van der Waals surface area contributed by atoms with Crippen molar-refractivity contribution >= 4 is 11.8 Å². The molecule has 5 nitrogen and oxygen atoms in total. The molecule has 0 saturated heterocycles. The highest BCUT2D eigenvalue weighted by atomic mass is 16.5. The maximum absolute atomic E-state index is 11.6. The van der Waals surface area contributed by atoms with Crippen molar-refractivity contribution in [2.75, 3.05) is 19.7 Å². The SMILES string of the molecule is Cc1ccc(OCC(=O)NCCNC(=O)CC(C)(C)C)cc1. The van der Waals surface area contributed by atoms with E-state index in [0.29, 0.717) is 25.3 Å². The Balaban J connectivity index is 2.13. The van der Waals surface area contributed by atoms with E-state index in [2.05, 4.69) is 10.6 Å². The molecule has 0 fully saturated rings. The van der Waals surface area contributed by atoms with E-state index in [0.717, 1.165) is 5.56 Å². The lowest BCUT2D eigenvalue weighted by Gasteiger charge is -2.17. The molecule has 0 bridgehead atoms. The summed E-state index contributed by atoms with van der Waals surface area (Å²) in [5, 5.41) is 5.48. The van der Waals surface area contributed by atoms with E-state index < -0.39 is 0 Å². The molecule has 0 aliphatic carbocycles. The predicted molar refractivity (Wildman–Crippen MR) is 86.8 cm³/mol. The van der Waals surface area contributed by atoms with Crippen LogP contribution in [0.1, 0.15) is 32.8 Å². The van der Waals surface area contributed by atoms with Gasteiger partial charge in [0.1, 0.15) is 5.75 Å². The van der Waals surface area contributed by atoms with Crippen LogP contribution in [-0.4, -0.2) is 31.5 Å². The molecule has 1 aromatic carbocycles. The molecule has 22 heavy (non-hydrogen) atoms. The number of ether oxygens (including phenoxy) is 1. The smallest absolute Gasteiger partial charge is 0.258 e. The van der Waals surface area contributed by atoms with Crippen LogP contribution in [0.2, 0.25) is 0 Å². The molecule has 0 aromatic heterocycles. The third-order valence-corrected chi connectivity index (χ3v) is 2.85. The van der Waals surface area contributed by atoms with Crippen LogP contribution >= 0.6 is 0 Å². The van der Waals surface area contributed by atoms with E-state index in [-0.39, 0.29) is 23.8 Å². The quantitative estimate of drug-likeness (QED) is 0.758. The van der Waals surface area contributed by atoms with Crippen molar-refractivity contribution in [2.45, 2.75) is 34.1 Å². The van der Waals surface area contributed by atoms with E-state index in [1.54, 1.807) is 0 Å². The Hall–Kier alpha value is -2.04. The summed E-state index contributed by atoms with van der Waals surface area (Å²) in [5.74, 6) is 0.461. The average molecular weight is 306 g/mol. The van der Waals surface area contributed by atoms with Crippen molar-refractivity contribution in [3.8, 4) is 5.75 Å². The first-order valence-electron chi connectivity index (χ1n) is 7.49. The summed E-state index contributed by atoms with van der Waals surface area (Å²) in [4.78, 5) is 23.2. The summed E-state index contributed by atoms with van der Waals surface area (Å²) in [5.41, 5.74) is 1.11. The minimum absolute atomic E-state index is 0.00217. The van der Waals surface area contributed by atoms with Gasteiger partial charge in [0.25, 0.3) is 5.91 Å². The lowest BCUT2D eigenvalue weighted by Crippen LogP contribution is -2.37. The summed E-state index contributed by atoms with van der Waals surface area (Å²) in [6.45, 7) is 8.81. The van der Waals surface area contributed by atoms with Crippen LogP contribution < -0.4 is 15.4 Å². The first-order chi connectivity index (χ1) is 10.3. The minimum Gasteiger partial charge on any atom is -0.484 e. The fraction of sp³-hybridized carbons (Fsp3) is 0.529. The second-order valence-electron chi connectivity index (χ2n) is 6.54. The number of amides is 2. The number of aryl methyl sites for hydroxylation is 1. The van der Waals surface area contributed by atoms with Gasteiger partial charge in [-0.15, -0.1) is 0 Å². The van der Waals surface area contributed by atoms with Gasteiger partial charge in [-0.2, -0.15) is 0 Å². The topological polar surface area (TPSA) is 67.4 Å². The van der Waals surface area contributed by atoms with E-state index in [1.165, 1.54) is 0 Å². The molecular formula is C17H26N2O3. The van der Waals surface area contributed by atoms with Gasteiger partial charge in [0.05, 0.1) is 0 Å². The molecule has 0 aliphatic heterocycles. The first-order valence-corrected chi connectivity index (χ1v) is 7.49. The Labute approximate surface area is 132 Å². The van der Waals surface area contributed by atoms with Crippen molar-refractivity contribution in [1.29, 1.82) is 0 Å². The maximum Gasteiger partial charge on any atom is 0.258 e. The van der Waals surface area contributed by atoms with E-state index in [4.69, 9.17) is 4.74 Å². The summed E-state index contributed by atoms with van der Waals surface area (Å²) in [6, 6.07) is 7.51.